The van der Waals surface area contributed by atoms with Gasteiger partial charge in [0.1, 0.15) is 5.75 Å². The van der Waals surface area contributed by atoms with Crippen LogP contribution < -0.4 is 10.1 Å². The van der Waals surface area contributed by atoms with Crippen molar-refractivity contribution in [2.45, 2.75) is 39.2 Å². The van der Waals surface area contributed by atoms with Crippen LogP contribution in [0.2, 0.25) is 0 Å². The van der Waals surface area contributed by atoms with Crippen LogP contribution in [0, 0.1) is 13.8 Å². The fourth-order valence-corrected chi connectivity index (χ4v) is 2.01. The molecule has 3 nitrogen and oxygen atoms in total. The van der Waals surface area contributed by atoms with Gasteiger partial charge in [-0.05, 0) is 50.3 Å². The second-order valence-corrected chi connectivity index (χ2v) is 4.66. The van der Waals surface area contributed by atoms with E-state index in [0.717, 1.165) is 42.7 Å². The molecule has 1 saturated heterocycles. The van der Waals surface area contributed by atoms with Gasteiger partial charge in [-0.15, -0.1) is 0 Å². The van der Waals surface area contributed by atoms with E-state index in [2.05, 4.69) is 11.4 Å². The molecule has 0 radical (unpaired) electrons. The zero-order chi connectivity index (χ0) is 12.3. The van der Waals surface area contributed by atoms with Gasteiger partial charge in [0.15, 0.2) is 6.10 Å². The first-order chi connectivity index (χ1) is 8.16. The number of aryl methyl sites for hydroxylation is 2. The Morgan fingerprint density at radius 3 is 2.94 bits per heavy atom. The van der Waals surface area contributed by atoms with E-state index < -0.39 is 0 Å². The first-order valence-corrected chi connectivity index (χ1v) is 6.18. The number of carbonyl (C=O) groups is 1. The van der Waals surface area contributed by atoms with E-state index >= 15 is 0 Å². The molecule has 92 valence electrons. The lowest BCUT2D eigenvalue weighted by atomic mass is 10.1. The predicted molar refractivity (Wildman–Crippen MR) is 67.2 cm³/mol. The second kappa shape index (κ2) is 5.21. The molecule has 17 heavy (non-hydrogen) atoms. The van der Waals surface area contributed by atoms with Crippen LogP contribution in [0.15, 0.2) is 18.2 Å². The molecule has 3 heteroatoms. The molecule has 1 aliphatic heterocycles. The number of hydrogen-bond donors (Lipinski definition) is 1. The summed E-state index contributed by atoms with van der Waals surface area (Å²) in [5.74, 6) is 0.843. The monoisotopic (exact) mass is 233 g/mol. The Labute approximate surface area is 102 Å². The summed E-state index contributed by atoms with van der Waals surface area (Å²) < 4.78 is 5.85. The number of benzene rings is 1. The SMILES string of the molecule is Cc1ccc(C)c(OC2CCCCNC2=O)c1. The third-order valence-electron chi connectivity index (χ3n) is 3.10. The molecule has 0 spiro atoms. The zero-order valence-corrected chi connectivity index (χ0v) is 10.5. The van der Waals surface area contributed by atoms with Gasteiger partial charge in [-0.3, -0.25) is 4.79 Å². The van der Waals surface area contributed by atoms with E-state index in [9.17, 15) is 4.79 Å². The van der Waals surface area contributed by atoms with E-state index in [4.69, 9.17) is 4.74 Å². The summed E-state index contributed by atoms with van der Waals surface area (Å²) >= 11 is 0. The summed E-state index contributed by atoms with van der Waals surface area (Å²) in [7, 11) is 0. The van der Waals surface area contributed by atoms with Crippen molar-refractivity contribution in [3.05, 3.63) is 29.3 Å². The maximum atomic E-state index is 11.8. The van der Waals surface area contributed by atoms with Crippen LogP contribution >= 0.6 is 0 Å². The Morgan fingerprint density at radius 2 is 2.12 bits per heavy atom. The summed E-state index contributed by atoms with van der Waals surface area (Å²) in [5, 5.41) is 2.88. The quantitative estimate of drug-likeness (QED) is 0.851. The average Bonchev–Trinajstić information content (AvgIpc) is 2.50. The lowest BCUT2D eigenvalue weighted by Gasteiger charge is -2.17. The minimum atomic E-state index is -0.335. The van der Waals surface area contributed by atoms with Crippen LogP contribution in [-0.2, 0) is 4.79 Å². The van der Waals surface area contributed by atoms with Crippen molar-refractivity contribution in [2.75, 3.05) is 6.54 Å². The summed E-state index contributed by atoms with van der Waals surface area (Å²) in [6, 6.07) is 6.07. The highest BCUT2D eigenvalue weighted by atomic mass is 16.5. The lowest BCUT2D eigenvalue weighted by Crippen LogP contribution is -2.36. The Balaban J connectivity index is 2.13. The smallest absolute Gasteiger partial charge is 0.261 e. The molecule has 0 saturated carbocycles. The summed E-state index contributed by atoms with van der Waals surface area (Å²) in [4.78, 5) is 11.8. The molecule has 0 aromatic heterocycles. The molecule has 1 fully saturated rings. The topological polar surface area (TPSA) is 38.3 Å². The number of carbonyl (C=O) groups excluding carboxylic acids is 1. The molecular weight excluding hydrogens is 214 g/mol. The van der Waals surface area contributed by atoms with Gasteiger partial charge < -0.3 is 10.1 Å². The summed E-state index contributed by atoms with van der Waals surface area (Å²) in [6.07, 6.45) is 2.55. The van der Waals surface area contributed by atoms with Crippen molar-refractivity contribution in [3.63, 3.8) is 0 Å². The molecule has 1 aliphatic rings. The highest BCUT2D eigenvalue weighted by Crippen LogP contribution is 2.22. The van der Waals surface area contributed by atoms with Crippen molar-refractivity contribution < 1.29 is 9.53 Å². The van der Waals surface area contributed by atoms with E-state index in [0.29, 0.717) is 0 Å². The maximum absolute atomic E-state index is 11.8. The normalized spacial score (nSPS) is 20.6. The van der Waals surface area contributed by atoms with E-state index in [-0.39, 0.29) is 12.0 Å². The molecule has 1 atom stereocenters. The van der Waals surface area contributed by atoms with E-state index in [1.165, 1.54) is 0 Å². The number of nitrogens with one attached hydrogen (secondary N) is 1. The van der Waals surface area contributed by atoms with E-state index in [1.807, 2.05) is 26.0 Å². The predicted octanol–water partition coefficient (Wildman–Crippen LogP) is 2.35. The zero-order valence-electron chi connectivity index (χ0n) is 10.5. The van der Waals surface area contributed by atoms with Crippen LogP contribution in [0.1, 0.15) is 30.4 Å². The van der Waals surface area contributed by atoms with Gasteiger partial charge in [-0.1, -0.05) is 12.1 Å². The van der Waals surface area contributed by atoms with Gasteiger partial charge in [0, 0.05) is 6.54 Å². The van der Waals surface area contributed by atoms with Gasteiger partial charge in [-0.25, -0.2) is 0 Å². The maximum Gasteiger partial charge on any atom is 0.261 e. The van der Waals surface area contributed by atoms with Gasteiger partial charge in [0.05, 0.1) is 0 Å². The van der Waals surface area contributed by atoms with Crippen LogP contribution in [0.3, 0.4) is 0 Å². The number of hydrogen-bond acceptors (Lipinski definition) is 2. The first kappa shape index (κ1) is 12.0. The first-order valence-electron chi connectivity index (χ1n) is 6.18. The van der Waals surface area contributed by atoms with Crippen LogP contribution in [0.5, 0.6) is 5.75 Å². The molecule has 1 heterocycles. The van der Waals surface area contributed by atoms with Crippen LogP contribution in [0.25, 0.3) is 0 Å². The van der Waals surface area contributed by atoms with Crippen molar-refractivity contribution in [1.29, 1.82) is 0 Å². The van der Waals surface area contributed by atoms with Gasteiger partial charge in [0.2, 0.25) is 0 Å². The highest BCUT2D eigenvalue weighted by Gasteiger charge is 2.22. The molecule has 1 aromatic rings. The third-order valence-corrected chi connectivity index (χ3v) is 3.10. The molecule has 2 rings (SSSR count). The molecule has 0 bridgehead atoms. The van der Waals surface area contributed by atoms with Gasteiger partial charge in [-0.2, -0.15) is 0 Å². The number of ether oxygens (including phenoxy) is 1. The highest BCUT2D eigenvalue weighted by molar-refractivity contribution is 5.81. The molecule has 1 aromatic carbocycles. The number of rotatable bonds is 2. The Bertz CT molecular complexity index is 415. The molecule has 1 N–H and O–H groups in total. The largest absolute Gasteiger partial charge is 0.480 e. The van der Waals surface area contributed by atoms with Crippen LogP contribution in [-0.4, -0.2) is 18.6 Å². The Morgan fingerprint density at radius 1 is 1.29 bits per heavy atom. The van der Waals surface area contributed by atoms with Crippen LogP contribution in [0.4, 0.5) is 0 Å². The van der Waals surface area contributed by atoms with Gasteiger partial charge >= 0.3 is 0 Å². The minimum absolute atomic E-state index is 0.0170. The third kappa shape index (κ3) is 2.99. The standard InChI is InChI=1S/C14H19NO2/c1-10-6-7-11(2)13(9-10)17-12-5-3-4-8-15-14(12)16/h6-7,9,12H,3-5,8H2,1-2H3,(H,15,16). The molecule has 1 amide bonds. The van der Waals surface area contributed by atoms with E-state index in [1.54, 1.807) is 0 Å². The van der Waals surface area contributed by atoms with Crippen molar-refractivity contribution in [3.8, 4) is 5.75 Å². The second-order valence-electron chi connectivity index (χ2n) is 4.66. The summed E-state index contributed by atoms with van der Waals surface area (Å²) in [5.41, 5.74) is 2.23. The summed E-state index contributed by atoms with van der Waals surface area (Å²) in [6.45, 7) is 4.80. The average molecular weight is 233 g/mol. The minimum Gasteiger partial charge on any atom is -0.480 e. The lowest BCUT2D eigenvalue weighted by molar-refractivity contribution is -0.127. The van der Waals surface area contributed by atoms with Crippen molar-refractivity contribution >= 4 is 5.91 Å². The van der Waals surface area contributed by atoms with Gasteiger partial charge in [0.25, 0.3) is 5.91 Å². The van der Waals surface area contributed by atoms with Crippen molar-refractivity contribution in [1.82, 2.24) is 5.32 Å². The Kier molecular flexibility index (Phi) is 3.67. The molecule has 1 unspecified atom stereocenters. The fraction of sp³-hybridized carbons (Fsp3) is 0.500. The Hall–Kier alpha value is -1.51. The number of amides is 1. The molecule has 0 aliphatic carbocycles. The fourth-order valence-electron chi connectivity index (χ4n) is 2.01. The van der Waals surface area contributed by atoms with Crippen molar-refractivity contribution in [2.24, 2.45) is 0 Å². The molecular formula is C14H19NO2.